The molecule has 0 radical (unpaired) electrons. The van der Waals surface area contributed by atoms with Crippen LogP contribution in [0.15, 0.2) is 186 Å². The highest BCUT2D eigenvalue weighted by Gasteiger charge is 2.20. The van der Waals surface area contributed by atoms with Crippen LogP contribution in [0.5, 0.6) is 0 Å². The molecule has 8 aromatic carbocycles. The molecule has 1 N–H and O–H groups in total. The number of halogens is 1. The third-order valence-corrected chi connectivity index (χ3v) is 9.75. The molecule has 5 heteroatoms. The van der Waals surface area contributed by atoms with Crippen LogP contribution in [0.1, 0.15) is 0 Å². The maximum Gasteiger partial charge on any atom is 0.138 e. The first kappa shape index (κ1) is 29.9. The van der Waals surface area contributed by atoms with Crippen molar-refractivity contribution in [3.63, 3.8) is 0 Å². The fraction of sp³-hybridized carbons (Fsp3) is 0. The van der Waals surface area contributed by atoms with E-state index >= 15 is 0 Å². The maximum absolute atomic E-state index is 5.24. The predicted octanol–water partition coefficient (Wildman–Crippen LogP) is 13.2. The van der Waals surface area contributed by atoms with E-state index in [1.54, 1.807) is 0 Å². The van der Waals surface area contributed by atoms with Gasteiger partial charge in [0.15, 0.2) is 0 Å². The highest BCUT2D eigenvalue weighted by Crippen LogP contribution is 2.43. The van der Waals surface area contributed by atoms with Crippen LogP contribution >= 0.6 is 15.9 Å². The minimum absolute atomic E-state index is 0.847. The summed E-state index contributed by atoms with van der Waals surface area (Å²) in [4.78, 5) is 13.6. The second kappa shape index (κ2) is 12.7. The van der Waals surface area contributed by atoms with E-state index in [0.29, 0.717) is 0 Å². The third kappa shape index (κ3) is 5.38. The number of hydrogen-bond donors (Lipinski definition) is 1. The van der Waals surface area contributed by atoms with Crippen molar-refractivity contribution in [3.8, 4) is 11.4 Å². The molecule has 0 spiro atoms. The minimum Gasteiger partial charge on any atom is -0.337 e. The second-order valence-electron chi connectivity index (χ2n) is 12.3. The van der Waals surface area contributed by atoms with Crippen LogP contribution in [0.3, 0.4) is 0 Å². The van der Waals surface area contributed by atoms with Gasteiger partial charge in [0.2, 0.25) is 0 Å². The van der Waals surface area contributed by atoms with Gasteiger partial charge in [-0.25, -0.2) is 4.98 Å². The third-order valence-electron chi connectivity index (χ3n) is 9.22. The summed E-state index contributed by atoms with van der Waals surface area (Å²) in [6, 6.07) is 64.1. The summed E-state index contributed by atoms with van der Waals surface area (Å²) in [6.07, 6.45) is 0. The number of fused-ring (bicyclic) bond motifs is 6. The Bertz CT molecular complexity index is 2350. The summed E-state index contributed by atoms with van der Waals surface area (Å²) in [5.74, 6) is 0.847. The Kier molecular flexibility index (Phi) is 7.60. The number of benzene rings is 8. The van der Waals surface area contributed by atoms with Gasteiger partial charge in [-0.2, -0.15) is 0 Å². The normalized spacial score (nSPS) is 11.3. The Labute approximate surface area is 299 Å². The van der Waals surface area contributed by atoms with Crippen LogP contribution < -0.4 is 9.80 Å². The first-order chi connectivity index (χ1) is 24.7. The second-order valence-corrected chi connectivity index (χ2v) is 13.2. The molecule has 50 heavy (non-hydrogen) atoms. The van der Waals surface area contributed by atoms with Gasteiger partial charge in [-0.3, -0.25) is 0 Å². The van der Waals surface area contributed by atoms with Crippen molar-refractivity contribution in [2.45, 2.75) is 0 Å². The van der Waals surface area contributed by atoms with Gasteiger partial charge in [0.1, 0.15) is 5.82 Å². The van der Waals surface area contributed by atoms with Gasteiger partial charge < -0.3 is 14.8 Å². The zero-order chi connectivity index (χ0) is 33.4. The lowest BCUT2D eigenvalue weighted by molar-refractivity contribution is 1.29. The van der Waals surface area contributed by atoms with Crippen LogP contribution in [0.2, 0.25) is 0 Å². The van der Waals surface area contributed by atoms with Crippen molar-refractivity contribution in [3.05, 3.63) is 186 Å². The lowest BCUT2D eigenvalue weighted by Crippen LogP contribution is -2.10. The smallest absolute Gasteiger partial charge is 0.138 e. The van der Waals surface area contributed by atoms with Crippen LogP contribution in [-0.4, -0.2) is 9.97 Å². The van der Waals surface area contributed by atoms with Crippen LogP contribution in [0.25, 0.3) is 44.0 Å². The quantitative estimate of drug-likeness (QED) is 0.168. The van der Waals surface area contributed by atoms with Crippen molar-refractivity contribution in [2.24, 2.45) is 0 Å². The summed E-state index contributed by atoms with van der Waals surface area (Å²) in [6.45, 7) is 0. The van der Waals surface area contributed by atoms with E-state index in [-0.39, 0.29) is 0 Å². The average Bonchev–Trinajstić information content (AvgIpc) is 3.63. The molecular formula is C45H31BrN4. The molecule has 0 saturated carbocycles. The molecule has 1 aromatic heterocycles. The Hall–Kier alpha value is -6.17. The summed E-state index contributed by atoms with van der Waals surface area (Å²) in [5, 5.41) is 4.51. The molecular weight excluding hydrogens is 676 g/mol. The summed E-state index contributed by atoms with van der Waals surface area (Å²) in [7, 11) is 0. The SMILES string of the molecule is Brc1ccc(-c2nc3c4ccc(N(c5ccccc5)c5ccccc5)cc4c4cc(N(c5ccccc5)c5ccccc5)ccc4c3[nH]2)cc1. The van der Waals surface area contributed by atoms with E-state index in [1.165, 1.54) is 0 Å². The van der Waals surface area contributed by atoms with Gasteiger partial charge in [0.05, 0.1) is 11.0 Å². The van der Waals surface area contributed by atoms with Crippen molar-refractivity contribution in [1.29, 1.82) is 0 Å². The van der Waals surface area contributed by atoms with Crippen molar-refractivity contribution < 1.29 is 0 Å². The highest BCUT2D eigenvalue weighted by molar-refractivity contribution is 9.10. The Balaban J connectivity index is 1.33. The number of nitrogens with zero attached hydrogens (tertiary/aromatic N) is 3. The fourth-order valence-corrected chi connectivity index (χ4v) is 7.19. The molecule has 9 rings (SSSR count). The Morgan fingerprint density at radius 3 is 1.28 bits per heavy atom. The van der Waals surface area contributed by atoms with E-state index in [9.17, 15) is 0 Å². The van der Waals surface area contributed by atoms with Crippen molar-refractivity contribution in [1.82, 2.24) is 9.97 Å². The number of aromatic nitrogens is 2. The van der Waals surface area contributed by atoms with Crippen LogP contribution in [0, 0.1) is 0 Å². The van der Waals surface area contributed by atoms with E-state index in [4.69, 9.17) is 4.98 Å². The zero-order valence-electron chi connectivity index (χ0n) is 27.0. The zero-order valence-corrected chi connectivity index (χ0v) is 28.6. The van der Waals surface area contributed by atoms with Crippen LogP contribution in [0.4, 0.5) is 34.1 Å². The highest BCUT2D eigenvalue weighted by atomic mass is 79.9. The van der Waals surface area contributed by atoms with Crippen molar-refractivity contribution >= 4 is 82.6 Å². The molecule has 0 amide bonds. The van der Waals surface area contributed by atoms with Gasteiger partial charge in [-0.05, 0) is 95.7 Å². The maximum atomic E-state index is 5.24. The number of nitrogens with one attached hydrogen (secondary N) is 1. The molecule has 0 unspecified atom stereocenters. The largest absolute Gasteiger partial charge is 0.337 e. The van der Waals surface area contributed by atoms with Crippen LogP contribution in [-0.2, 0) is 0 Å². The molecule has 0 aliphatic rings. The number of para-hydroxylation sites is 4. The molecule has 9 aromatic rings. The Morgan fingerprint density at radius 1 is 0.400 bits per heavy atom. The van der Waals surface area contributed by atoms with Crippen molar-refractivity contribution in [2.75, 3.05) is 9.80 Å². The number of aromatic amines is 1. The summed E-state index contributed by atoms with van der Waals surface area (Å²) >= 11 is 3.58. The molecule has 0 atom stereocenters. The van der Waals surface area contributed by atoms with Gasteiger partial charge in [-0.15, -0.1) is 0 Å². The molecule has 0 aliphatic carbocycles. The van der Waals surface area contributed by atoms with E-state index < -0.39 is 0 Å². The molecule has 1 heterocycles. The summed E-state index contributed by atoms with van der Waals surface area (Å²) in [5.41, 5.74) is 9.57. The van der Waals surface area contributed by atoms with Gasteiger partial charge in [0.25, 0.3) is 0 Å². The Morgan fingerprint density at radius 2 is 0.820 bits per heavy atom. The minimum atomic E-state index is 0.847. The lowest BCUT2D eigenvalue weighted by atomic mass is 9.98. The van der Waals surface area contributed by atoms with Gasteiger partial charge in [0, 0.05) is 54.9 Å². The van der Waals surface area contributed by atoms with Gasteiger partial charge >= 0.3 is 0 Å². The fourth-order valence-electron chi connectivity index (χ4n) is 6.92. The molecule has 238 valence electrons. The van der Waals surface area contributed by atoms with Gasteiger partial charge in [-0.1, -0.05) is 113 Å². The first-order valence-corrected chi connectivity index (χ1v) is 17.5. The average molecular weight is 708 g/mol. The number of anilines is 6. The monoisotopic (exact) mass is 706 g/mol. The molecule has 4 nitrogen and oxygen atoms in total. The molecule has 0 fully saturated rings. The predicted molar refractivity (Wildman–Crippen MR) is 214 cm³/mol. The lowest BCUT2D eigenvalue weighted by Gasteiger charge is -2.27. The number of imidazole rings is 1. The van der Waals surface area contributed by atoms with E-state index in [1.807, 2.05) is 0 Å². The topological polar surface area (TPSA) is 35.2 Å². The first-order valence-electron chi connectivity index (χ1n) is 16.7. The molecule has 0 bridgehead atoms. The number of rotatable bonds is 7. The standard InChI is InChI=1S/C45H31BrN4/c46-32-23-21-31(22-24-32)45-47-43-39-27-25-37(49(33-13-5-1-6-14-33)34-15-7-2-8-16-34)29-41(39)42-30-38(26-28-40(42)44(43)48-45)50(35-17-9-3-10-18-35)36-19-11-4-12-20-36/h1-30H,(H,47,48). The number of H-pyrrole nitrogens is 1. The summed E-state index contributed by atoms with van der Waals surface area (Å²) < 4.78 is 1.04. The van der Waals surface area contributed by atoms with E-state index in [0.717, 1.165) is 82.6 Å². The number of hydrogen-bond acceptors (Lipinski definition) is 3. The molecule has 0 saturated heterocycles. The molecule has 0 aliphatic heterocycles. The van der Waals surface area contributed by atoms with E-state index in [2.05, 4.69) is 213 Å².